The number of rotatable bonds is 8. The molecule has 0 atom stereocenters. The second-order valence-electron chi connectivity index (χ2n) is 12.0. The van der Waals surface area contributed by atoms with Gasteiger partial charge in [-0.15, -0.1) is 0 Å². The van der Waals surface area contributed by atoms with Crippen LogP contribution in [0, 0.1) is 0 Å². The van der Waals surface area contributed by atoms with Crippen molar-refractivity contribution in [1.82, 2.24) is 0 Å². The molecule has 6 aromatic carbocycles. The number of hydrogen-bond donors (Lipinski definition) is 0. The van der Waals surface area contributed by atoms with Gasteiger partial charge in [0, 0.05) is 33.4 Å². The number of carbonyl (C=O) groups excluding carboxylic acids is 2. The van der Waals surface area contributed by atoms with E-state index in [0.717, 1.165) is 22.3 Å². The molecule has 0 aromatic heterocycles. The van der Waals surface area contributed by atoms with Crippen LogP contribution in [0.5, 0.6) is 0 Å². The summed E-state index contributed by atoms with van der Waals surface area (Å²) in [6.07, 6.45) is 0. The Labute approximate surface area is 347 Å². The Morgan fingerprint density at radius 3 is 0.717 bits per heavy atom. The minimum atomic E-state index is -1.78. The molecular weight excluding hydrogens is 786 g/mol. The monoisotopic (exact) mass is 816 g/mol. The van der Waals surface area contributed by atoms with Gasteiger partial charge in [-0.1, -0.05) is 182 Å². The number of aliphatic imine (C=N–C) groups is 4. The Morgan fingerprint density at radius 2 is 0.528 bits per heavy atom. The molecular formula is C44H30BaN4O4. The van der Waals surface area contributed by atoms with E-state index in [9.17, 15) is 19.8 Å². The molecule has 252 valence electrons. The van der Waals surface area contributed by atoms with Gasteiger partial charge in [0.25, 0.3) is 0 Å². The molecule has 2 aliphatic heterocycles. The quantitative estimate of drug-likeness (QED) is 0.205. The van der Waals surface area contributed by atoms with Crippen molar-refractivity contribution in [2.45, 2.75) is 11.3 Å². The van der Waals surface area contributed by atoms with Crippen molar-refractivity contribution in [3.05, 3.63) is 215 Å². The predicted octanol–water partition coefficient (Wildman–Crippen LogP) is 4.78. The van der Waals surface area contributed by atoms with Gasteiger partial charge in [-0.2, -0.15) is 0 Å². The second-order valence-corrected chi connectivity index (χ2v) is 12.0. The maximum absolute atomic E-state index is 12.2. The van der Waals surface area contributed by atoms with Crippen molar-refractivity contribution in [1.29, 1.82) is 0 Å². The molecule has 8 rings (SSSR count). The third-order valence-corrected chi connectivity index (χ3v) is 8.65. The number of nitrogens with zero attached hydrogens (tertiary/aromatic N) is 4. The third kappa shape index (κ3) is 7.55. The number of carbonyl (C=O) groups is 2. The van der Waals surface area contributed by atoms with Crippen LogP contribution >= 0.6 is 0 Å². The Balaban J connectivity index is 0.000000178. The molecule has 0 unspecified atom stereocenters. The van der Waals surface area contributed by atoms with E-state index in [-0.39, 0.29) is 48.9 Å². The molecule has 0 aliphatic carbocycles. The third-order valence-electron chi connectivity index (χ3n) is 8.65. The van der Waals surface area contributed by atoms with Gasteiger partial charge in [0.1, 0.15) is 0 Å². The van der Waals surface area contributed by atoms with Gasteiger partial charge in [0.05, 0.1) is 34.8 Å². The molecule has 2 aliphatic rings. The molecule has 6 aromatic rings. The van der Waals surface area contributed by atoms with Gasteiger partial charge >= 0.3 is 48.9 Å². The number of benzene rings is 6. The topological polar surface area (TPSA) is 130 Å². The van der Waals surface area contributed by atoms with Gasteiger partial charge in [-0.3, -0.25) is 0 Å². The van der Waals surface area contributed by atoms with Crippen LogP contribution < -0.4 is 10.2 Å². The van der Waals surface area contributed by atoms with Crippen molar-refractivity contribution in [3.8, 4) is 0 Å². The Bertz CT molecular complexity index is 2050. The van der Waals surface area contributed by atoms with E-state index in [4.69, 9.17) is 0 Å². The summed E-state index contributed by atoms with van der Waals surface area (Å²) in [6, 6.07) is 55.5. The van der Waals surface area contributed by atoms with Crippen LogP contribution in [0.2, 0.25) is 0 Å². The summed E-state index contributed by atoms with van der Waals surface area (Å²) in [5, 5.41) is 24.3. The minimum absolute atomic E-state index is 0. The van der Waals surface area contributed by atoms with E-state index >= 15 is 0 Å². The van der Waals surface area contributed by atoms with Crippen molar-refractivity contribution in [3.63, 3.8) is 0 Å². The fourth-order valence-corrected chi connectivity index (χ4v) is 6.12. The van der Waals surface area contributed by atoms with E-state index in [1.54, 1.807) is 48.5 Å². The van der Waals surface area contributed by atoms with Crippen LogP contribution in [0.3, 0.4) is 0 Å². The maximum atomic E-state index is 12.2. The maximum Gasteiger partial charge on any atom is 2.00 e. The van der Waals surface area contributed by atoms with Crippen LogP contribution in [0.15, 0.2) is 202 Å². The van der Waals surface area contributed by atoms with E-state index in [1.807, 2.05) is 133 Å². The van der Waals surface area contributed by atoms with Crippen LogP contribution in [0.4, 0.5) is 0 Å². The summed E-state index contributed by atoms with van der Waals surface area (Å²) >= 11 is 0. The standard InChI is InChI=1S/2C22H16N2O2.Ba/c2*25-21(26)22(18-14-8-3-9-15-18)23-19(16-10-4-1-5-11-16)20(24-22)17-12-6-2-7-13-17;/h2*1-15H,(H,25,26);/q;;+2/p-2. The van der Waals surface area contributed by atoms with Crippen LogP contribution in [0.25, 0.3) is 0 Å². The molecule has 0 fully saturated rings. The summed E-state index contributed by atoms with van der Waals surface area (Å²) in [4.78, 5) is 42.6. The molecule has 53 heavy (non-hydrogen) atoms. The van der Waals surface area contributed by atoms with Gasteiger partial charge in [-0.05, 0) is 0 Å². The Kier molecular flexibility index (Phi) is 11.6. The van der Waals surface area contributed by atoms with Crippen LogP contribution in [0.1, 0.15) is 33.4 Å². The van der Waals surface area contributed by atoms with Crippen molar-refractivity contribution >= 4 is 83.7 Å². The number of aliphatic carboxylic acids is 2. The molecule has 0 saturated carbocycles. The summed E-state index contributed by atoms with van der Waals surface area (Å²) in [7, 11) is 0. The van der Waals surface area contributed by atoms with Gasteiger partial charge in [-0.25, -0.2) is 20.0 Å². The number of carboxylic acid groups (broad SMARTS) is 2. The smallest absolute Gasteiger partial charge is 0.545 e. The van der Waals surface area contributed by atoms with Gasteiger partial charge < -0.3 is 19.8 Å². The first kappa shape index (κ1) is 37.3. The van der Waals surface area contributed by atoms with E-state index in [1.165, 1.54) is 0 Å². The summed E-state index contributed by atoms with van der Waals surface area (Å²) in [5.74, 6) is -2.69. The van der Waals surface area contributed by atoms with E-state index in [2.05, 4.69) is 20.0 Å². The Morgan fingerprint density at radius 1 is 0.340 bits per heavy atom. The zero-order valence-electron chi connectivity index (χ0n) is 28.4. The molecule has 0 N–H and O–H groups in total. The first-order chi connectivity index (χ1) is 25.4. The molecule has 0 radical (unpaired) electrons. The van der Waals surface area contributed by atoms with E-state index < -0.39 is 23.3 Å². The van der Waals surface area contributed by atoms with Crippen molar-refractivity contribution in [2.75, 3.05) is 0 Å². The van der Waals surface area contributed by atoms with Crippen LogP contribution in [-0.2, 0) is 20.9 Å². The second kappa shape index (κ2) is 16.5. The van der Waals surface area contributed by atoms with Crippen molar-refractivity contribution < 1.29 is 19.8 Å². The Hall–Kier alpha value is -5.49. The zero-order chi connectivity index (χ0) is 36.0. The van der Waals surface area contributed by atoms with Crippen molar-refractivity contribution in [2.24, 2.45) is 20.0 Å². The molecule has 0 amide bonds. The first-order valence-electron chi connectivity index (χ1n) is 16.6. The average molecular weight is 816 g/mol. The predicted molar refractivity (Wildman–Crippen MR) is 204 cm³/mol. The number of carboxylic acids is 2. The molecule has 2 heterocycles. The normalized spacial score (nSPS) is 14.9. The molecule has 0 saturated heterocycles. The van der Waals surface area contributed by atoms with E-state index in [0.29, 0.717) is 34.0 Å². The SMILES string of the molecule is O=C([O-])C1(c2ccccc2)N=C(c2ccccc2)C(c2ccccc2)=N1.O=C([O-])C1(c2ccccc2)N=C(c2ccccc2)C(c2ccccc2)=N1.[Ba+2]. The first-order valence-corrected chi connectivity index (χ1v) is 16.6. The molecule has 0 spiro atoms. The molecule has 0 bridgehead atoms. The van der Waals surface area contributed by atoms with Crippen LogP contribution in [-0.4, -0.2) is 83.7 Å². The largest absolute Gasteiger partial charge is 2.00 e. The summed E-state index contributed by atoms with van der Waals surface area (Å²) in [6.45, 7) is 0. The summed E-state index contributed by atoms with van der Waals surface area (Å²) < 4.78 is 0. The molecule has 9 heteroatoms. The summed E-state index contributed by atoms with van der Waals surface area (Å²) in [5.41, 5.74) is 2.82. The van der Waals surface area contributed by atoms with Gasteiger partial charge in [0.15, 0.2) is 0 Å². The minimum Gasteiger partial charge on any atom is -0.545 e. The average Bonchev–Trinajstić information content (AvgIpc) is 3.83. The molecule has 8 nitrogen and oxygen atoms in total. The fraction of sp³-hybridized carbons (Fsp3) is 0.0455. The zero-order valence-corrected chi connectivity index (χ0v) is 32.9. The van der Waals surface area contributed by atoms with Gasteiger partial charge in [0.2, 0.25) is 11.3 Å². The fourth-order valence-electron chi connectivity index (χ4n) is 6.12. The number of hydrogen-bond acceptors (Lipinski definition) is 8.